The van der Waals surface area contributed by atoms with Gasteiger partial charge in [0.2, 0.25) is 11.6 Å². The molecule has 1 aliphatic rings. The first-order chi connectivity index (χ1) is 13.9. The predicted molar refractivity (Wildman–Crippen MR) is 109 cm³/mol. The zero-order valence-electron chi connectivity index (χ0n) is 17.0. The molecule has 152 valence electrons. The molecule has 0 radical (unpaired) electrons. The quantitative estimate of drug-likeness (QED) is 0.726. The number of rotatable bonds is 4. The van der Waals surface area contributed by atoms with Crippen LogP contribution in [-0.4, -0.2) is 29.0 Å². The molecule has 3 heterocycles. The van der Waals surface area contributed by atoms with E-state index in [0.29, 0.717) is 23.6 Å². The Morgan fingerprint density at radius 1 is 1.28 bits per heavy atom. The lowest BCUT2D eigenvalue weighted by Gasteiger charge is -2.33. The third-order valence-electron chi connectivity index (χ3n) is 5.62. The van der Waals surface area contributed by atoms with Crippen molar-refractivity contribution in [3.8, 4) is 0 Å². The number of hydrogen-bond donors (Lipinski definition) is 1. The highest BCUT2D eigenvalue weighted by Gasteiger charge is 2.29. The minimum Gasteiger partial charge on any atom is -0.443 e. The molecule has 6 nitrogen and oxygen atoms in total. The molecule has 1 saturated heterocycles. The summed E-state index contributed by atoms with van der Waals surface area (Å²) in [7, 11) is 0. The predicted octanol–water partition coefficient (Wildman–Crippen LogP) is 3.82. The number of nitrogens with one attached hydrogen (secondary N) is 1. The van der Waals surface area contributed by atoms with Gasteiger partial charge in [-0.15, -0.1) is 0 Å². The van der Waals surface area contributed by atoms with Crippen molar-refractivity contribution < 1.29 is 13.6 Å². The van der Waals surface area contributed by atoms with Gasteiger partial charge in [-0.25, -0.2) is 9.37 Å². The van der Waals surface area contributed by atoms with E-state index >= 15 is 0 Å². The fraction of sp³-hybridized carbons (Fsp3) is 0.409. The van der Waals surface area contributed by atoms with Gasteiger partial charge in [0.05, 0.1) is 11.3 Å². The molecule has 1 atom stereocenters. The molecule has 29 heavy (non-hydrogen) atoms. The fourth-order valence-electron chi connectivity index (χ4n) is 3.91. The summed E-state index contributed by atoms with van der Waals surface area (Å²) in [6.07, 6.45) is 1.69. The first-order valence-electron chi connectivity index (χ1n) is 9.94. The van der Waals surface area contributed by atoms with E-state index in [2.05, 4.69) is 20.2 Å². The second-order valence-corrected chi connectivity index (χ2v) is 7.65. The average molecular weight is 396 g/mol. The number of halogens is 1. The largest absolute Gasteiger partial charge is 0.443 e. The van der Waals surface area contributed by atoms with Gasteiger partial charge in [0.1, 0.15) is 23.2 Å². The van der Waals surface area contributed by atoms with Crippen molar-refractivity contribution in [2.75, 3.05) is 18.0 Å². The summed E-state index contributed by atoms with van der Waals surface area (Å²) in [5.41, 5.74) is 2.11. The molecule has 2 aromatic heterocycles. The molecular weight excluding hydrogens is 371 g/mol. The van der Waals surface area contributed by atoms with E-state index < -0.39 is 0 Å². The lowest BCUT2D eigenvalue weighted by molar-refractivity contribution is -0.125. The van der Waals surface area contributed by atoms with Crippen LogP contribution < -0.4 is 10.2 Å². The van der Waals surface area contributed by atoms with Crippen molar-refractivity contribution in [2.24, 2.45) is 5.92 Å². The summed E-state index contributed by atoms with van der Waals surface area (Å²) in [6, 6.07) is 6.50. The summed E-state index contributed by atoms with van der Waals surface area (Å²) >= 11 is 0. The van der Waals surface area contributed by atoms with Gasteiger partial charge >= 0.3 is 0 Å². The molecular formula is C22H25FN4O2. The van der Waals surface area contributed by atoms with E-state index in [9.17, 15) is 9.18 Å². The number of carbonyl (C=O) groups excluding carboxylic acids is 1. The Labute approximate surface area is 169 Å². The summed E-state index contributed by atoms with van der Waals surface area (Å²) in [5, 5.41) is 3.81. The molecule has 4 rings (SSSR count). The summed E-state index contributed by atoms with van der Waals surface area (Å²) in [5.74, 6) is 1.77. The summed E-state index contributed by atoms with van der Waals surface area (Å²) in [4.78, 5) is 24.0. The van der Waals surface area contributed by atoms with Crippen LogP contribution in [0, 0.1) is 32.5 Å². The van der Waals surface area contributed by atoms with E-state index in [1.54, 1.807) is 18.2 Å². The van der Waals surface area contributed by atoms with Crippen LogP contribution in [0.4, 0.5) is 10.2 Å². The van der Waals surface area contributed by atoms with Gasteiger partial charge < -0.3 is 14.6 Å². The van der Waals surface area contributed by atoms with Crippen LogP contribution in [0.15, 0.2) is 28.7 Å². The average Bonchev–Trinajstić information content (AvgIpc) is 3.00. The number of aryl methyl sites for hydroxylation is 3. The number of fused-ring (bicyclic) bond motifs is 1. The lowest BCUT2D eigenvalue weighted by atomic mass is 9.96. The van der Waals surface area contributed by atoms with Crippen LogP contribution >= 0.6 is 0 Å². The first kappa shape index (κ1) is 19.4. The zero-order valence-corrected chi connectivity index (χ0v) is 17.0. The topological polar surface area (TPSA) is 71.3 Å². The molecule has 0 bridgehead atoms. The Kier molecular flexibility index (Phi) is 5.22. The van der Waals surface area contributed by atoms with Crippen molar-refractivity contribution in [3.63, 3.8) is 0 Å². The molecule has 3 aromatic rings. The third-order valence-corrected chi connectivity index (χ3v) is 5.62. The number of nitrogens with zero attached hydrogens (tertiary/aromatic N) is 3. The second kappa shape index (κ2) is 7.81. The summed E-state index contributed by atoms with van der Waals surface area (Å²) in [6.45, 7) is 7.36. The number of hydrogen-bond acceptors (Lipinski definition) is 5. The van der Waals surface area contributed by atoms with Gasteiger partial charge in [-0.1, -0.05) is 18.2 Å². The van der Waals surface area contributed by atoms with Crippen molar-refractivity contribution >= 4 is 22.8 Å². The van der Waals surface area contributed by atoms with E-state index in [0.717, 1.165) is 41.9 Å². The lowest BCUT2D eigenvalue weighted by Crippen LogP contribution is -2.43. The van der Waals surface area contributed by atoms with E-state index in [1.807, 2.05) is 20.8 Å². The molecule has 7 heteroatoms. The Morgan fingerprint density at radius 2 is 2.07 bits per heavy atom. The second-order valence-electron chi connectivity index (χ2n) is 7.65. The van der Waals surface area contributed by atoms with Crippen molar-refractivity contribution in [2.45, 2.75) is 40.2 Å². The molecule has 0 aliphatic carbocycles. The van der Waals surface area contributed by atoms with E-state index in [1.165, 1.54) is 6.07 Å². The Morgan fingerprint density at radius 3 is 2.86 bits per heavy atom. The van der Waals surface area contributed by atoms with Crippen molar-refractivity contribution in [3.05, 3.63) is 52.8 Å². The normalized spacial score (nSPS) is 17.0. The molecule has 0 spiro atoms. The minimum absolute atomic E-state index is 0.0555. The summed E-state index contributed by atoms with van der Waals surface area (Å²) < 4.78 is 19.6. The number of amides is 1. The molecule has 1 aliphatic heterocycles. The van der Waals surface area contributed by atoms with Crippen LogP contribution in [0.2, 0.25) is 0 Å². The monoisotopic (exact) mass is 396 g/mol. The smallest absolute Gasteiger partial charge is 0.231 e. The molecule has 0 unspecified atom stereocenters. The Balaban J connectivity index is 1.52. The van der Waals surface area contributed by atoms with Gasteiger partial charge in [-0.05, 0) is 39.7 Å². The Bertz CT molecular complexity index is 1060. The van der Waals surface area contributed by atoms with Crippen molar-refractivity contribution in [1.82, 2.24) is 15.3 Å². The number of piperidine rings is 1. The van der Waals surface area contributed by atoms with Gasteiger partial charge in [0.15, 0.2) is 0 Å². The van der Waals surface area contributed by atoms with Crippen LogP contribution in [0.3, 0.4) is 0 Å². The number of anilines is 1. The molecule has 0 saturated carbocycles. The maximum atomic E-state index is 13.8. The SMILES string of the molecule is Cc1nc(N2CCC[C@H](C(=O)NCc3ccccc3F)C2)c2c(C)c(C)oc2n1. The van der Waals surface area contributed by atoms with Crippen LogP contribution in [-0.2, 0) is 11.3 Å². The van der Waals surface area contributed by atoms with Crippen LogP contribution in [0.25, 0.3) is 11.1 Å². The van der Waals surface area contributed by atoms with E-state index in [4.69, 9.17) is 4.42 Å². The molecule has 1 N–H and O–H groups in total. The third kappa shape index (κ3) is 3.81. The van der Waals surface area contributed by atoms with Crippen LogP contribution in [0.5, 0.6) is 0 Å². The van der Waals surface area contributed by atoms with Gasteiger partial charge in [-0.2, -0.15) is 4.98 Å². The molecule has 1 fully saturated rings. The van der Waals surface area contributed by atoms with Crippen molar-refractivity contribution in [1.29, 1.82) is 0 Å². The highest BCUT2D eigenvalue weighted by atomic mass is 19.1. The number of furan rings is 1. The highest BCUT2D eigenvalue weighted by Crippen LogP contribution is 2.33. The highest BCUT2D eigenvalue weighted by molar-refractivity contribution is 5.90. The minimum atomic E-state index is -0.303. The number of aromatic nitrogens is 2. The van der Waals surface area contributed by atoms with E-state index in [-0.39, 0.29) is 24.2 Å². The maximum absolute atomic E-state index is 13.8. The standard InChI is InChI=1S/C22H25FN4O2/c1-13-14(2)29-22-19(13)20(25-15(3)26-22)27-10-6-8-17(12-27)21(28)24-11-16-7-4-5-9-18(16)23/h4-5,7,9,17H,6,8,10-12H2,1-3H3,(H,24,28)/t17-/m0/s1. The van der Waals surface area contributed by atoms with Crippen LogP contribution in [0.1, 0.15) is 35.6 Å². The van der Waals surface area contributed by atoms with Gasteiger partial charge in [0, 0.05) is 30.8 Å². The number of benzene rings is 1. The van der Waals surface area contributed by atoms with Gasteiger partial charge in [-0.3, -0.25) is 4.79 Å². The molecule has 1 amide bonds. The van der Waals surface area contributed by atoms with Gasteiger partial charge in [0.25, 0.3) is 0 Å². The molecule has 1 aromatic carbocycles. The Hall–Kier alpha value is -2.96. The maximum Gasteiger partial charge on any atom is 0.231 e. The first-order valence-corrected chi connectivity index (χ1v) is 9.94. The fourth-order valence-corrected chi connectivity index (χ4v) is 3.91. The number of carbonyl (C=O) groups is 1. The zero-order chi connectivity index (χ0) is 20.5.